The third-order valence-corrected chi connectivity index (χ3v) is 8.93. The van der Waals surface area contributed by atoms with Gasteiger partial charge in [0.2, 0.25) is 0 Å². The van der Waals surface area contributed by atoms with Crippen LogP contribution in [0.1, 0.15) is 29.3 Å². The molecule has 2 aromatic heterocycles. The molecule has 47 heavy (non-hydrogen) atoms. The van der Waals surface area contributed by atoms with Crippen LogP contribution < -0.4 is 5.73 Å². The van der Waals surface area contributed by atoms with Crippen molar-refractivity contribution in [1.82, 2.24) is 19.5 Å². The third kappa shape index (κ3) is 8.27. The van der Waals surface area contributed by atoms with Crippen molar-refractivity contribution in [2.24, 2.45) is 0 Å². The summed E-state index contributed by atoms with van der Waals surface area (Å²) in [6, 6.07) is 27.5. The van der Waals surface area contributed by atoms with E-state index in [0.717, 1.165) is 16.7 Å². The molecule has 1 fully saturated rings. The lowest BCUT2D eigenvalue weighted by Gasteiger charge is -2.40. The second kappa shape index (κ2) is 14.9. The van der Waals surface area contributed by atoms with E-state index in [1.54, 1.807) is 0 Å². The highest BCUT2D eigenvalue weighted by Gasteiger charge is 2.45. The van der Waals surface area contributed by atoms with E-state index in [9.17, 15) is 14.5 Å². The van der Waals surface area contributed by atoms with Gasteiger partial charge in [0.25, 0.3) is 0 Å². The number of aromatic nitrogens is 4. The van der Waals surface area contributed by atoms with Gasteiger partial charge in [0.1, 0.15) is 30.7 Å². The molecule has 3 heterocycles. The van der Waals surface area contributed by atoms with Crippen molar-refractivity contribution in [3.8, 4) is 0 Å². The van der Waals surface area contributed by atoms with Gasteiger partial charge in [-0.15, -0.1) is 0 Å². The molecule has 0 saturated carbocycles. The normalized spacial score (nSPS) is 19.9. The third-order valence-electron chi connectivity index (χ3n) is 7.51. The molecule has 0 bridgehead atoms. The Balaban J connectivity index is 1.25. The number of ether oxygens (including phenoxy) is 2. The number of rotatable bonds is 13. The number of nitrogen functional groups attached to an aromatic ring is 1. The summed E-state index contributed by atoms with van der Waals surface area (Å²) in [4.78, 5) is 25.2. The highest BCUT2D eigenvalue weighted by Crippen LogP contribution is 2.54. The molecule has 5 aromatic rings. The summed E-state index contributed by atoms with van der Waals surface area (Å²) >= 11 is 0. The number of aliphatic hydroxyl groups is 1. The van der Waals surface area contributed by atoms with Crippen LogP contribution in [-0.4, -0.2) is 55.5 Å². The Morgan fingerprint density at radius 1 is 0.894 bits per heavy atom. The van der Waals surface area contributed by atoms with Crippen molar-refractivity contribution in [1.29, 1.82) is 0 Å². The Kier molecular flexibility index (Phi) is 10.3. The average Bonchev–Trinajstić information content (AvgIpc) is 3.53. The summed E-state index contributed by atoms with van der Waals surface area (Å²) < 4.78 is 45.3. The number of carbonyl (C=O) groups excluding carboxylic acids is 1. The van der Waals surface area contributed by atoms with Gasteiger partial charge in [-0.1, -0.05) is 91.0 Å². The molecular formula is C33H34N5O8P. The van der Waals surface area contributed by atoms with E-state index in [4.69, 9.17) is 28.8 Å². The smallest absolute Gasteiger partial charge is 0.463 e. The van der Waals surface area contributed by atoms with Gasteiger partial charge in [-0.05, 0) is 16.7 Å². The molecule has 244 valence electrons. The number of esters is 1. The molecule has 0 aliphatic carbocycles. The van der Waals surface area contributed by atoms with E-state index >= 15 is 0 Å². The second-order valence-electron chi connectivity index (χ2n) is 10.9. The van der Waals surface area contributed by atoms with Gasteiger partial charge in [0, 0.05) is 6.42 Å². The summed E-state index contributed by atoms with van der Waals surface area (Å²) in [6.45, 7) is -0.310. The average molecular weight is 660 g/mol. The van der Waals surface area contributed by atoms with Crippen molar-refractivity contribution < 1.29 is 37.5 Å². The summed E-state index contributed by atoms with van der Waals surface area (Å²) in [5, 5.41) is 11.6. The van der Waals surface area contributed by atoms with Gasteiger partial charge < -0.3 is 20.3 Å². The number of hydrogen-bond acceptors (Lipinski definition) is 12. The van der Waals surface area contributed by atoms with Crippen LogP contribution in [0.2, 0.25) is 0 Å². The summed E-state index contributed by atoms with van der Waals surface area (Å²) in [7, 11) is -4.32. The quantitative estimate of drug-likeness (QED) is 0.131. The molecule has 14 heteroatoms. The number of anilines is 1. The molecule has 1 aliphatic rings. The number of phosphoric acid groups is 1. The highest BCUT2D eigenvalue weighted by molar-refractivity contribution is 7.48. The minimum Gasteiger partial charge on any atom is -0.463 e. The molecule has 0 unspecified atom stereocenters. The van der Waals surface area contributed by atoms with Crippen LogP contribution >= 0.6 is 7.82 Å². The Bertz CT molecular complexity index is 1760. The topological polar surface area (TPSA) is 170 Å². The number of fused-ring (bicyclic) bond motifs is 1. The number of hydrogen-bond donors (Lipinski definition) is 2. The van der Waals surface area contributed by atoms with Crippen molar-refractivity contribution in [3.05, 3.63) is 120 Å². The zero-order valence-electron chi connectivity index (χ0n) is 25.3. The van der Waals surface area contributed by atoms with Crippen LogP contribution in [0, 0.1) is 0 Å². The molecule has 6 rings (SSSR count). The van der Waals surface area contributed by atoms with Crippen molar-refractivity contribution in [3.63, 3.8) is 0 Å². The number of nitrogens with zero attached hydrogens (tertiary/aromatic N) is 4. The number of phosphoric ester groups is 1. The predicted octanol–water partition coefficient (Wildman–Crippen LogP) is 4.77. The van der Waals surface area contributed by atoms with Crippen molar-refractivity contribution in [2.45, 2.75) is 50.6 Å². The van der Waals surface area contributed by atoms with E-state index in [1.165, 1.54) is 17.2 Å². The molecule has 3 aromatic carbocycles. The maximum absolute atomic E-state index is 14.2. The van der Waals surface area contributed by atoms with Gasteiger partial charge in [0.05, 0.1) is 32.1 Å². The summed E-state index contributed by atoms with van der Waals surface area (Å²) in [5.74, 6) is -0.317. The Morgan fingerprint density at radius 2 is 1.49 bits per heavy atom. The Hall–Kier alpha value is -4.49. The molecule has 0 spiro atoms. The predicted molar refractivity (Wildman–Crippen MR) is 170 cm³/mol. The first-order valence-electron chi connectivity index (χ1n) is 15.0. The lowest BCUT2D eigenvalue weighted by Crippen LogP contribution is -2.48. The lowest BCUT2D eigenvalue weighted by atomic mass is 10.0. The molecule has 3 N–H and O–H groups in total. The maximum Gasteiger partial charge on any atom is 0.475 e. The SMILES string of the molecule is Nc1ncnc2c1ncn2[C@@H]1O[C@H](COC(=O)Cc2ccccc2)C[C@H](OP(=O)(OCc2ccccc2)OCc2ccccc2)[C@H]1O. The first-order chi connectivity index (χ1) is 22.9. The minimum absolute atomic E-state index is 0.00653. The number of carbonyl (C=O) groups is 1. The largest absolute Gasteiger partial charge is 0.475 e. The maximum atomic E-state index is 14.2. The van der Waals surface area contributed by atoms with Crippen molar-refractivity contribution in [2.75, 3.05) is 12.3 Å². The minimum atomic E-state index is -4.32. The Morgan fingerprint density at radius 3 is 2.11 bits per heavy atom. The van der Waals surface area contributed by atoms with Crippen LogP contribution in [0.25, 0.3) is 11.2 Å². The molecule has 1 aliphatic heterocycles. The summed E-state index contributed by atoms with van der Waals surface area (Å²) in [6.07, 6.45) is -1.77. The summed E-state index contributed by atoms with van der Waals surface area (Å²) in [5.41, 5.74) is 8.89. The molecular weight excluding hydrogens is 625 g/mol. The molecule has 4 atom stereocenters. The lowest BCUT2D eigenvalue weighted by molar-refractivity contribution is -0.207. The molecule has 13 nitrogen and oxygen atoms in total. The van der Waals surface area contributed by atoms with Gasteiger partial charge in [0.15, 0.2) is 17.7 Å². The van der Waals surface area contributed by atoms with E-state index in [2.05, 4.69) is 15.0 Å². The monoisotopic (exact) mass is 659 g/mol. The number of benzene rings is 3. The zero-order valence-corrected chi connectivity index (χ0v) is 26.2. The Labute approximate surface area is 270 Å². The van der Waals surface area contributed by atoms with Crippen molar-refractivity contribution >= 4 is 30.8 Å². The molecule has 0 radical (unpaired) electrons. The fraction of sp³-hybridized carbons (Fsp3) is 0.273. The van der Waals surface area contributed by atoms with E-state index in [-0.39, 0.29) is 38.5 Å². The molecule has 0 amide bonds. The fourth-order valence-corrected chi connectivity index (χ4v) is 6.49. The zero-order chi connectivity index (χ0) is 32.6. The fourth-order valence-electron chi connectivity index (χ4n) is 5.13. The second-order valence-corrected chi connectivity index (χ2v) is 12.5. The first-order valence-corrected chi connectivity index (χ1v) is 16.4. The van der Waals surface area contributed by atoms with E-state index < -0.39 is 38.3 Å². The van der Waals surface area contributed by atoms with Crippen LogP contribution in [0.5, 0.6) is 0 Å². The van der Waals surface area contributed by atoms with E-state index in [1.807, 2.05) is 91.0 Å². The number of imidazole rings is 1. The first kappa shape index (κ1) is 32.5. The van der Waals surface area contributed by atoms with Crippen LogP contribution in [0.15, 0.2) is 104 Å². The van der Waals surface area contributed by atoms with Gasteiger partial charge in [-0.25, -0.2) is 19.5 Å². The van der Waals surface area contributed by atoms with Gasteiger partial charge in [-0.2, -0.15) is 0 Å². The van der Waals surface area contributed by atoms with Gasteiger partial charge in [-0.3, -0.25) is 22.9 Å². The van der Waals surface area contributed by atoms with E-state index in [0.29, 0.717) is 11.2 Å². The number of aliphatic hydroxyl groups excluding tert-OH is 1. The van der Waals surface area contributed by atoms with Gasteiger partial charge >= 0.3 is 13.8 Å². The van der Waals surface area contributed by atoms with Crippen LogP contribution in [0.4, 0.5) is 5.82 Å². The molecule has 1 saturated heterocycles. The van der Waals surface area contributed by atoms with Crippen LogP contribution in [-0.2, 0) is 52.0 Å². The highest BCUT2D eigenvalue weighted by atomic mass is 31.2. The standard InChI is InChI=1S/C33H34N5O8P/c34-31-29-32(36-21-35-31)38(22-37-29)33-30(40)27(17-26(45-33)20-42-28(39)16-23-10-4-1-5-11-23)46-47(41,43-18-24-12-6-2-7-13-24)44-19-25-14-8-3-9-15-25/h1-15,21-22,26-27,30,33,40H,16-20H2,(H2,34,35,36)/t26-,27-,30+,33+/m0/s1. The number of nitrogens with two attached hydrogens (primary N) is 1. The van der Waals surface area contributed by atoms with Crippen LogP contribution in [0.3, 0.4) is 0 Å².